The first kappa shape index (κ1) is 13.8. The Labute approximate surface area is 114 Å². The lowest BCUT2D eigenvalue weighted by molar-refractivity contribution is -0.387. The number of nitro groups is 1. The van der Waals surface area contributed by atoms with Crippen molar-refractivity contribution in [3.05, 3.63) is 64.0 Å². The Hall–Kier alpha value is -2.63. The van der Waals surface area contributed by atoms with Crippen molar-refractivity contribution in [1.82, 2.24) is 0 Å². The molecule has 0 amide bonds. The van der Waals surface area contributed by atoms with E-state index in [0.717, 1.165) is 17.7 Å². The van der Waals surface area contributed by atoms with E-state index in [9.17, 15) is 19.6 Å². The molecule has 0 aliphatic heterocycles. The van der Waals surface area contributed by atoms with Gasteiger partial charge in [-0.25, -0.2) is 0 Å². The zero-order valence-corrected chi connectivity index (χ0v) is 10.7. The van der Waals surface area contributed by atoms with Gasteiger partial charge in [0, 0.05) is 17.8 Å². The Bertz CT molecular complexity index is 646. The summed E-state index contributed by atoms with van der Waals surface area (Å²) in [4.78, 5) is 9.91. The number of aromatic hydroxyl groups is 1. The molecule has 0 fully saturated rings. The second-order valence-corrected chi connectivity index (χ2v) is 4.38. The van der Waals surface area contributed by atoms with E-state index in [1.807, 2.05) is 13.0 Å². The fourth-order valence-corrected chi connectivity index (χ4v) is 1.87. The summed E-state index contributed by atoms with van der Waals surface area (Å²) in [6, 6.07) is 10.1. The molecule has 104 valence electrons. The lowest BCUT2D eigenvalue weighted by Gasteiger charge is -2.15. The van der Waals surface area contributed by atoms with Gasteiger partial charge >= 0.3 is 5.69 Å². The smallest absolute Gasteiger partial charge is 0.306 e. The van der Waals surface area contributed by atoms with E-state index in [4.69, 9.17) is 0 Å². The third-order valence-corrected chi connectivity index (χ3v) is 2.90. The predicted octanol–water partition coefficient (Wildman–Crippen LogP) is 3.61. The molecule has 2 rings (SSSR count). The van der Waals surface area contributed by atoms with Gasteiger partial charge in [-0.1, -0.05) is 12.1 Å². The van der Waals surface area contributed by atoms with E-state index >= 15 is 0 Å². The van der Waals surface area contributed by atoms with Crippen LogP contribution in [0.15, 0.2) is 42.5 Å². The Kier molecular flexibility index (Phi) is 3.84. The largest absolute Gasteiger partial charge is 0.508 e. The summed E-state index contributed by atoms with van der Waals surface area (Å²) in [5.74, 6) is -0.730. The number of nitrogens with one attached hydrogen (secondary N) is 1. The van der Waals surface area contributed by atoms with Crippen molar-refractivity contribution < 1.29 is 14.4 Å². The number of phenols is 1. The minimum Gasteiger partial charge on any atom is -0.508 e. The van der Waals surface area contributed by atoms with Crippen LogP contribution in [-0.4, -0.2) is 10.0 Å². The normalized spacial score (nSPS) is 11.9. The molecule has 0 radical (unpaired) electrons. The van der Waals surface area contributed by atoms with Crippen molar-refractivity contribution >= 4 is 11.4 Å². The second-order valence-electron chi connectivity index (χ2n) is 4.38. The fourth-order valence-electron chi connectivity index (χ4n) is 1.87. The Morgan fingerprint density at radius 1 is 1.30 bits per heavy atom. The molecule has 1 unspecified atom stereocenters. The second kappa shape index (κ2) is 5.56. The van der Waals surface area contributed by atoms with Gasteiger partial charge in [-0.2, -0.15) is 4.39 Å². The summed E-state index contributed by atoms with van der Waals surface area (Å²) in [5.41, 5.74) is 0.684. The maximum Gasteiger partial charge on any atom is 0.306 e. The number of halogens is 1. The average Bonchev–Trinajstić information content (AvgIpc) is 2.40. The highest BCUT2D eigenvalue weighted by Crippen LogP contribution is 2.26. The maximum absolute atomic E-state index is 13.2. The minimum absolute atomic E-state index is 0.140. The Morgan fingerprint density at radius 3 is 2.70 bits per heavy atom. The number of nitrogens with zero attached hydrogens (tertiary/aromatic N) is 1. The van der Waals surface area contributed by atoms with E-state index in [2.05, 4.69) is 5.32 Å². The van der Waals surface area contributed by atoms with Crippen LogP contribution < -0.4 is 5.32 Å². The summed E-state index contributed by atoms with van der Waals surface area (Å²) in [7, 11) is 0. The highest BCUT2D eigenvalue weighted by Gasteiger charge is 2.15. The molecule has 0 aromatic heterocycles. The van der Waals surface area contributed by atoms with Crippen LogP contribution in [0.4, 0.5) is 15.8 Å². The number of hydrogen-bond acceptors (Lipinski definition) is 4. The molecular formula is C14H13FN2O3. The number of nitro benzene ring substituents is 1. The maximum atomic E-state index is 13.2. The number of rotatable bonds is 4. The van der Waals surface area contributed by atoms with Crippen LogP contribution in [-0.2, 0) is 0 Å². The Morgan fingerprint density at radius 2 is 2.05 bits per heavy atom. The van der Waals surface area contributed by atoms with Gasteiger partial charge in [-0.15, -0.1) is 0 Å². The zero-order valence-electron chi connectivity index (χ0n) is 10.7. The van der Waals surface area contributed by atoms with Crippen LogP contribution >= 0.6 is 0 Å². The van der Waals surface area contributed by atoms with E-state index < -0.39 is 16.4 Å². The van der Waals surface area contributed by atoms with E-state index in [-0.39, 0.29) is 11.8 Å². The van der Waals surface area contributed by atoms with Crippen molar-refractivity contribution in [2.24, 2.45) is 0 Å². The molecule has 0 heterocycles. The zero-order chi connectivity index (χ0) is 14.7. The summed E-state index contributed by atoms with van der Waals surface area (Å²) in [6.07, 6.45) is 0. The lowest BCUT2D eigenvalue weighted by atomic mass is 10.1. The summed E-state index contributed by atoms with van der Waals surface area (Å²) < 4.78 is 13.2. The number of anilines is 1. The van der Waals surface area contributed by atoms with Gasteiger partial charge in [0.05, 0.1) is 4.92 Å². The summed E-state index contributed by atoms with van der Waals surface area (Å²) in [6.45, 7) is 1.84. The van der Waals surface area contributed by atoms with Crippen molar-refractivity contribution in [1.29, 1.82) is 0 Å². The molecular weight excluding hydrogens is 263 g/mol. The molecule has 2 aromatic carbocycles. The van der Waals surface area contributed by atoms with Crippen molar-refractivity contribution in [3.8, 4) is 5.75 Å². The lowest BCUT2D eigenvalue weighted by Crippen LogP contribution is -2.07. The van der Waals surface area contributed by atoms with Gasteiger partial charge < -0.3 is 10.4 Å². The first-order valence-corrected chi connectivity index (χ1v) is 5.97. The van der Waals surface area contributed by atoms with Crippen molar-refractivity contribution in [2.45, 2.75) is 13.0 Å². The Balaban J connectivity index is 2.22. The van der Waals surface area contributed by atoms with Gasteiger partial charge in [0.15, 0.2) is 0 Å². The van der Waals surface area contributed by atoms with E-state index in [1.54, 1.807) is 18.2 Å². The van der Waals surface area contributed by atoms with E-state index in [0.29, 0.717) is 5.69 Å². The molecule has 0 aliphatic rings. The monoisotopic (exact) mass is 276 g/mol. The third-order valence-electron chi connectivity index (χ3n) is 2.90. The molecule has 0 saturated carbocycles. The SMILES string of the molecule is CC(Nc1ccc(F)c([N+](=O)[O-])c1)c1cccc(O)c1. The van der Waals surface area contributed by atoms with Gasteiger partial charge in [-0.3, -0.25) is 10.1 Å². The summed E-state index contributed by atoms with van der Waals surface area (Å²) in [5, 5.41) is 23.1. The molecule has 1 atom stereocenters. The molecule has 20 heavy (non-hydrogen) atoms. The first-order chi connectivity index (χ1) is 9.47. The minimum atomic E-state index is -0.870. The van der Waals surface area contributed by atoms with Crippen molar-refractivity contribution in [2.75, 3.05) is 5.32 Å². The number of phenolic OH excluding ortho intramolecular Hbond substituents is 1. The van der Waals surface area contributed by atoms with Gasteiger partial charge in [0.25, 0.3) is 0 Å². The third kappa shape index (κ3) is 3.03. The van der Waals surface area contributed by atoms with Crippen LogP contribution in [0.3, 0.4) is 0 Å². The van der Waals surface area contributed by atoms with Crippen LogP contribution in [0, 0.1) is 15.9 Å². The average molecular weight is 276 g/mol. The molecule has 5 nitrogen and oxygen atoms in total. The van der Waals surface area contributed by atoms with Crippen LogP contribution in [0.2, 0.25) is 0 Å². The van der Waals surface area contributed by atoms with Gasteiger partial charge in [-0.05, 0) is 36.8 Å². The van der Waals surface area contributed by atoms with Gasteiger partial charge in [0.2, 0.25) is 5.82 Å². The standard InChI is InChI=1S/C14H13FN2O3/c1-9(10-3-2-4-12(18)7-10)16-11-5-6-13(15)14(8-11)17(19)20/h2-9,16,18H,1H3. The predicted molar refractivity (Wildman–Crippen MR) is 73.2 cm³/mol. The fraction of sp³-hybridized carbons (Fsp3) is 0.143. The highest BCUT2D eigenvalue weighted by atomic mass is 19.1. The number of hydrogen-bond donors (Lipinski definition) is 2. The highest BCUT2D eigenvalue weighted by molar-refractivity contribution is 5.53. The van der Waals surface area contributed by atoms with E-state index in [1.165, 1.54) is 6.07 Å². The van der Waals surface area contributed by atoms with Crippen molar-refractivity contribution in [3.63, 3.8) is 0 Å². The van der Waals surface area contributed by atoms with Gasteiger partial charge in [0.1, 0.15) is 5.75 Å². The molecule has 0 spiro atoms. The molecule has 0 aliphatic carbocycles. The molecule has 2 aromatic rings. The van der Waals surface area contributed by atoms with Crippen LogP contribution in [0.25, 0.3) is 0 Å². The molecule has 0 saturated heterocycles. The first-order valence-electron chi connectivity index (χ1n) is 5.97. The van der Waals surface area contributed by atoms with Crippen LogP contribution in [0.1, 0.15) is 18.5 Å². The topological polar surface area (TPSA) is 75.4 Å². The molecule has 6 heteroatoms. The number of benzene rings is 2. The quantitative estimate of drug-likeness (QED) is 0.660. The van der Waals surface area contributed by atoms with Crippen LogP contribution in [0.5, 0.6) is 5.75 Å². The summed E-state index contributed by atoms with van der Waals surface area (Å²) >= 11 is 0. The molecule has 0 bridgehead atoms. The molecule has 2 N–H and O–H groups in total.